The van der Waals surface area contributed by atoms with Crippen LogP contribution in [0.2, 0.25) is 0 Å². The van der Waals surface area contributed by atoms with Crippen molar-refractivity contribution in [3.63, 3.8) is 0 Å². The topological polar surface area (TPSA) is 72.2 Å². The molecule has 3 N–H and O–H groups in total. The first-order valence-electron chi connectivity index (χ1n) is 5.98. The second-order valence-electron chi connectivity index (χ2n) is 5.12. The van der Waals surface area contributed by atoms with Crippen molar-refractivity contribution in [3.05, 3.63) is 35.9 Å². The molecule has 1 aromatic carbocycles. The van der Waals surface area contributed by atoms with Gasteiger partial charge in [0.2, 0.25) is 0 Å². The average Bonchev–Trinajstić information content (AvgIpc) is 2.29. The molecule has 0 spiro atoms. The van der Waals surface area contributed by atoms with Gasteiger partial charge in [-0.2, -0.15) is 0 Å². The molecule has 0 saturated carbocycles. The molecule has 0 amide bonds. The van der Waals surface area contributed by atoms with E-state index in [-0.39, 0.29) is 6.04 Å². The summed E-state index contributed by atoms with van der Waals surface area (Å²) >= 11 is 0. The third-order valence-electron chi connectivity index (χ3n) is 3.56. The Morgan fingerprint density at radius 3 is 2.28 bits per heavy atom. The fourth-order valence-corrected chi connectivity index (χ4v) is 2.55. The summed E-state index contributed by atoms with van der Waals surface area (Å²) in [7, 11) is -3.16. The maximum atomic E-state index is 11.8. The van der Waals surface area contributed by atoms with Crippen molar-refractivity contribution in [2.45, 2.75) is 37.5 Å². The molecule has 1 atom stereocenters. The predicted molar refractivity (Wildman–Crippen MR) is 74.8 cm³/mol. The average molecular weight is 270 g/mol. The number of benzene rings is 1. The van der Waals surface area contributed by atoms with E-state index in [9.17, 15) is 8.42 Å². The SMILES string of the molecule is CC(C)(C(CCc1ccccc1)NN)S(C)(=O)=O. The summed E-state index contributed by atoms with van der Waals surface area (Å²) in [5, 5.41) is 0. The highest BCUT2D eigenvalue weighted by Gasteiger charge is 2.38. The molecule has 0 radical (unpaired) electrons. The second kappa shape index (κ2) is 5.82. The quantitative estimate of drug-likeness (QED) is 0.603. The smallest absolute Gasteiger partial charge is 0.154 e. The summed E-state index contributed by atoms with van der Waals surface area (Å²) in [4.78, 5) is 0. The van der Waals surface area contributed by atoms with E-state index in [2.05, 4.69) is 5.43 Å². The first-order chi connectivity index (χ1) is 8.29. The molecule has 1 rings (SSSR count). The zero-order valence-corrected chi connectivity index (χ0v) is 12.0. The predicted octanol–water partition coefficient (Wildman–Crippen LogP) is 1.27. The standard InChI is InChI=1S/C13H22N2O2S/c1-13(2,18(3,16)17)12(15-14)10-9-11-7-5-4-6-8-11/h4-8,12,15H,9-10,14H2,1-3H3. The van der Waals surface area contributed by atoms with Crippen LogP contribution >= 0.6 is 0 Å². The fraction of sp³-hybridized carbons (Fsp3) is 0.538. The van der Waals surface area contributed by atoms with Crippen molar-refractivity contribution in [3.8, 4) is 0 Å². The van der Waals surface area contributed by atoms with Gasteiger partial charge in [-0.15, -0.1) is 0 Å². The highest BCUT2D eigenvalue weighted by molar-refractivity contribution is 7.92. The Morgan fingerprint density at radius 1 is 1.28 bits per heavy atom. The van der Waals surface area contributed by atoms with Crippen LogP contribution in [-0.2, 0) is 16.3 Å². The van der Waals surface area contributed by atoms with Crippen molar-refractivity contribution in [2.24, 2.45) is 5.84 Å². The van der Waals surface area contributed by atoms with Gasteiger partial charge in [-0.05, 0) is 32.3 Å². The van der Waals surface area contributed by atoms with Gasteiger partial charge in [0.05, 0.1) is 4.75 Å². The molecule has 4 nitrogen and oxygen atoms in total. The summed E-state index contributed by atoms with van der Waals surface area (Å²) < 4.78 is 22.7. The molecule has 0 aromatic heterocycles. The third kappa shape index (κ3) is 3.54. The number of hydrazine groups is 1. The molecule has 0 aliphatic rings. The van der Waals surface area contributed by atoms with Crippen LogP contribution in [0.5, 0.6) is 0 Å². The Hall–Kier alpha value is -0.910. The van der Waals surface area contributed by atoms with Crippen LogP contribution in [-0.4, -0.2) is 25.5 Å². The molecule has 18 heavy (non-hydrogen) atoms. The van der Waals surface area contributed by atoms with Gasteiger partial charge in [-0.3, -0.25) is 11.3 Å². The molecule has 102 valence electrons. The number of hydrogen-bond acceptors (Lipinski definition) is 4. The summed E-state index contributed by atoms with van der Waals surface area (Å²) in [6.07, 6.45) is 2.73. The Bertz CT molecular complexity index is 469. The van der Waals surface area contributed by atoms with Crippen LogP contribution in [0, 0.1) is 0 Å². The molecule has 0 saturated heterocycles. The van der Waals surface area contributed by atoms with E-state index in [1.54, 1.807) is 13.8 Å². The van der Waals surface area contributed by atoms with Crippen LogP contribution < -0.4 is 11.3 Å². The van der Waals surface area contributed by atoms with Crippen molar-refractivity contribution < 1.29 is 8.42 Å². The van der Waals surface area contributed by atoms with Gasteiger partial charge >= 0.3 is 0 Å². The number of nitrogens with one attached hydrogen (secondary N) is 1. The van der Waals surface area contributed by atoms with Gasteiger partial charge in [0, 0.05) is 12.3 Å². The van der Waals surface area contributed by atoms with Gasteiger partial charge in [0.1, 0.15) is 0 Å². The highest BCUT2D eigenvalue weighted by atomic mass is 32.2. The Balaban J connectivity index is 2.75. The Kier molecular flexibility index (Phi) is 4.90. The molecule has 0 aliphatic carbocycles. The maximum absolute atomic E-state index is 11.8. The van der Waals surface area contributed by atoms with E-state index in [1.807, 2.05) is 30.3 Å². The lowest BCUT2D eigenvalue weighted by atomic mass is 9.96. The Morgan fingerprint density at radius 2 is 1.83 bits per heavy atom. The van der Waals surface area contributed by atoms with E-state index < -0.39 is 14.6 Å². The zero-order valence-electron chi connectivity index (χ0n) is 11.2. The minimum Gasteiger partial charge on any atom is -0.271 e. The summed E-state index contributed by atoms with van der Waals surface area (Å²) in [5.41, 5.74) is 3.82. The van der Waals surface area contributed by atoms with Crippen molar-refractivity contribution in [1.82, 2.24) is 5.43 Å². The van der Waals surface area contributed by atoms with E-state index >= 15 is 0 Å². The molecule has 1 aromatic rings. The number of hydrogen-bond donors (Lipinski definition) is 2. The summed E-state index contributed by atoms with van der Waals surface area (Å²) in [6, 6.07) is 9.70. The fourth-order valence-electron chi connectivity index (χ4n) is 1.85. The van der Waals surface area contributed by atoms with E-state index in [4.69, 9.17) is 5.84 Å². The highest BCUT2D eigenvalue weighted by Crippen LogP contribution is 2.23. The second-order valence-corrected chi connectivity index (χ2v) is 7.72. The lowest BCUT2D eigenvalue weighted by molar-refractivity contribution is 0.394. The molecule has 0 bridgehead atoms. The van der Waals surface area contributed by atoms with Gasteiger partial charge in [-0.1, -0.05) is 30.3 Å². The van der Waals surface area contributed by atoms with Crippen molar-refractivity contribution in [1.29, 1.82) is 0 Å². The van der Waals surface area contributed by atoms with E-state index in [0.29, 0.717) is 6.42 Å². The number of nitrogens with two attached hydrogens (primary N) is 1. The molecular formula is C13H22N2O2S. The van der Waals surface area contributed by atoms with Crippen LogP contribution in [0.1, 0.15) is 25.8 Å². The van der Waals surface area contributed by atoms with Gasteiger partial charge in [0.25, 0.3) is 0 Å². The van der Waals surface area contributed by atoms with Crippen LogP contribution in [0.25, 0.3) is 0 Å². The van der Waals surface area contributed by atoms with Crippen molar-refractivity contribution >= 4 is 9.84 Å². The van der Waals surface area contributed by atoms with Crippen LogP contribution in [0.15, 0.2) is 30.3 Å². The number of aryl methyl sites for hydroxylation is 1. The van der Waals surface area contributed by atoms with Crippen LogP contribution in [0.4, 0.5) is 0 Å². The molecule has 1 unspecified atom stereocenters. The van der Waals surface area contributed by atoms with Gasteiger partial charge in [-0.25, -0.2) is 8.42 Å². The zero-order chi connectivity index (χ0) is 13.8. The lowest BCUT2D eigenvalue weighted by Gasteiger charge is -2.32. The minimum atomic E-state index is -3.16. The minimum absolute atomic E-state index is 0.271. The van der Waals surface area contributed by atoms with Crippen molar-refractivity contribution in [2.75, 3.05) is 6.26 Å². The molecular weight excluding hydrogens is 248 g/mol. The first kappa shape index (κ1) is 15.1. The monoisotopic (exact) mass is 270 g/mol. The first-order valence-corrected chi connectivity index (χ1v) is 7.88. The maximum Gasteiger partial charge on any atom is 0.154 e. The van der Waals surface area contributed by atoms with E-state index in [1.165, 1.54) is 11.8 Å². The normalized spacial score (nSPS) is 14.4. The largest absolute Gasteiger partial charge is 0.271 e. The molecule has 5 heteroatoms. The molecule has 0 fully saturated rings. The molecule has 0 aliphatic heterocycles. The van der Waals surface area contributed by atoms with Gasteiger partial charge < -0.3 is 0 Å². The number of sulfone groups is 1. The third-order valence-corrected chi connectivity index (χ3v) is 5.76. The summed E-state index contributed by atoms with van der Waals surface area (Å²) in [6.45, 7) is 3.41. The summed E-state index contributed by atoms with van der Waals surface area (Å²) in [5.74, 6) is 5.51. The molecule has 0 heterocycles. The van der Waals surface area contributed by atoms with Gasteiger partial charge in [0.15, 0.2) is 9.84 Å². The number of rotatable bonds is 6. The van der Waals surface area contributed by atoms with E-state index in [0.717, 1.165) is 6.42 Å². The lowest BCUT2D eigenvalue weighted by Crippen LogP contribution is -2.54. The van der Waals surface area contributed by atoms with Crippen LogP contribution in [0.3, 0.4) is 0 Å². The Labute approximate surface area is 109 Å².